The van der Waals surface area contributed by atoms with Crippen LogP contribution in [0.3, 0.4) is 0 Å². The zero-order chi connectivity index (χ0) is 16.6. The fourth-order valence-corrected chi connectivity index (χ4v) is 3.79. The first-order valence-corrected chi connectivity index (χ1v) is 9.67. The van der Waals surface area contributed by atoms with E-state index in [4.69, 9.17) is 10.7 Å². The number of nitrogens with zero attached hydrogens (tertiary/aromatic N) is 3. The van der Waals surface area contributed by atoms with Crippen molar-refractivity contribution in [2.75, 3.05) is 26.2 Å². The van der Waals surface area contributed by atoms with Crippen molar-refractivity contribution in [3.63, 3.8) is 0 Å². The predicted molar refractivity (Wildman–Crippen MR) is 116 cm³/mol. The zero-order valence-electron chi connectivity index (χ0n) is 15.3. The van der Waals surface area contributed by atoms with Gasteiger partial charge in [0.2, 0.25) is 0 Å². The number of likely N-dealkylation sites (tertiary alicyclic amines) is 2. The maximum Gasteiger partial charge on any atom is 0.191 e. The Labute approximate surface area is 169 Å². The van der Waals surface area contributed by atoms with Gasteiger partial charge >= 0.3 is 0 Å². The number of hydrogen-bond donors (Lipinski definition) is 1. The van der Waals surface area contributed by atoms with Gasteiger partial charge in [0.15, 0.2) is 5.96 Å². The first-order valence-electron chi connectivity index (χ1n) is 9.67. The predicted octanol–water partition coefficient (Wildman–Crippen LogP) is 3.98. The normalized spacial score (nSPS) is 20.0. The van der Waals surface area contributed by atoms with Crippen LogP contribution in [0.5, 0.6) is 0 Å². The van der Waals surface area contributed by atoms with Gasteiger partial charge in [-0.1, -0.05) is 37.1 Å². The molecule has 2 heterocycles. The average Bonchev–Trinajstić information content (AvgIpc) is 2.90. The number of hydrogen-bond acceptors (Lipinski definition) is 2. The Hall–Kier alpha value is -0.820. The Morgan fingerprint density at radius 3 is 2.08 bits per heavy atom. The highest BCUT2D eigenvalue weighted by Gasteiger charge is 2.13. The smallest absolute Gasteiger partial charge is 0.191 e. The van der Waals surface area contributed by atoms with Gasteiger partial charge in [0.1, 0.15) is 0 Å². The van der Waals surface area contributed by atoms with Crippen LogP contribution < -0.4 is 5.73 Å². The van der Waals surface area contributed by atoms with Crippen molar-refractivity contribution in [1.82, 2.24) is 9.80 Å². The van der Waals surface area contributed by atoms with Crippen LogP contribution in [0.1, 0.15) is 56.1 Å². The van der Waals surface area contributed by atoms with Crippen molar-refractivity contribution >= 4 is 29.9 Å². The highest BCUT2D eigenvalue weighted by atomic mass is 127. The lowest BCUT2D eigenvalue weighted by Crippen LogP contribution is -2.40. The third-order valence-electron chi connectivity index (χ3n) is 5.30. The van der Waals surface area contributed by atoms with Crippen molar-refractivity contribution in [1.29, 1.82) is 0 Å². The van der Waals surface area contributed by atoms with Gasteiger partial charge in [-0.05, 0) is 56.3 Å². The van der Waals surface area contributed by atoms with Crippen LogP contribution in [0.4, 0.5) is 0 Å². The topological polar surface area (TPSA) is 44.9 Å². The summed E-state index contributed by atoms with van der Waals surface area (Å²) < 4.78 is 0. The fourth-order valence-electron chi connectivity index (χ4n) is 3.79. The van der Waals surface area contributed by atoms with Crippen LogP contribution in [0.25, 0.3) is 0 Å². The molecule has 5 heteroatoms. The minimum atomic E-state index is 0. The highest BCUT2D eigenvalue weighted by Crippen LogP contribution is 2.17. The second-order valence-electron chi connectivity index (χ2n) is 7.18. The maximum absolute atomic E-state index is 6.22. The van der Waals surface area contributed by atoms with Gasteiger partial charge in [0, 0.05) is 19.6 Å². The van der Waals surface area contributed by atoms with Crippen LogP contribution in [0.15, 0.2) is 29.3 Å². The molecule has 2 fully saturated rings. The molecular formula is C20H33IN4. The molecule has 0 aliphatic carbocycles. The summed E-state index contributed by atoms with van der Waals surface area (Å²) in [6, 6.07) is 8.73. The van der Waals surface area contributed by atoms with E-state index in [0.717, 1.165) is 25.6 Å². The van der Waals surface area contributed by atoms with Crippen molar-refractivity contribution in [3.8, 4) is 0 Å². The molecule has 0 atom stereocenters. The van der Waals surface area contributed by atoms with E-state index in [1.807, 2.05) is 0 Å². The summed E-state index contributed by atoms with van der Waals surface area (Å²) in [6.07, 6.45) is 9.24. The minimum absolute atomic E-state index is 0. The molecule has 0 unspecified atom stereocenters. The van der Waals surface area contributed by atoms with E-state index >= 15 is 0 Å². The van der Waals surface area contributed by atoms with Gasteiger partial charge in [-0.2, -0.15) is 0 Å². The van der Waals surface area contributed by atoms with Gasteiger partial charge < -0.3 is 10.6 Å². The summed E-state index contributed by atoms with van der Waals surface area (Å²) in [5.74, 6) is 0.722. The number of guanidine groups is 1. The van der Waals surface area contributed by atoms with E-state index in [1.165, 1.54) is 69.2 Å². The third-order valence-corrected chi connectivity index (χ3v) is 5.30. The number of rotatable bonds is 4. The van der Waals surface area contributed by atoms with E-state index in [2.05, 4.69) is 34.1 Å². The number of aliphatic imine (C=N–C) groups is 1. The highest BCUT2D eigenvalue weighted by molar-refractivity contribution is 14.0. The molecule has 2 saturated heterocycles. The lowest BCUT2D eigenvalue weighted by atomic mass is 10.1. The zero-order valence-corrected chi connectivity index (χ0v) is 17.7. The van der Waals surface area contributed by atoms with Crippen LogP contribution >= 0.6 is 24.0 Å². The lowest BCUT2D eigenvalue weighted by molar-refractivity contribution is 0.276. The summed E-state index contributed by atoms with van der Waals surface area (Å²) in [7, 11) is 0. The Balaban J connectivity index is 0.00000225. The first kappa shape index (κ1) is 20.5. The molecule has 4 nitrogen and oxygen atoms in total. The largest absolute Gasteiger partial charge is 0.370 e. The van der Waals surface area contributed by atoms with Crippen LogP contribution in [-0.4, -0.2) is 41.9 Å². The van der Waals surface area contributed by atoms with Crippen molar-refractivity contribution in [2.45, 2.75) is 58.0 Å². The molecule has 25 heavy (non-hydrogen) atoms. The van der Waals surface area contributed by atoms with Crippen LogP contribution in [0.2, 0.25) is 0 Å². The summed E-state index contributed by atoms with van der Waals surface area (Å²) in [6.45, 7) is 6.33. The Morgan fingerprint density at radius 1 is 0.840 bits per heavy atom. The number of halogens is 1. The number of benzene rings is 1. The number of nitrogens with two attached hydrogens (primary N) is 1. The third kappa shape index (κ3) is 6.44. The quantitative estimate of drug-likeness (QED) is 0.424. The van der Waals surface area contributed by atoms with Gasteiger partial charge in [0.05, 0.1) is 6.54 Å². The number of piperidine rings is 1. The molecular weight excluding hydrogens is 423 g/mol. The molecule has 1 aromatic rings. The van der Waals surface area contributed by atoms with E-state index in [0.29, 0.717) is 6.54 Å². The maximum atomic E-state index is 6.22. The average molecular weight is 456 g/mol. The van der Waals surface area contributed by atoms with E-state index in [-0.39, 0.29) is 24.0 Å². The Morgan fingerprint density at radius 2 is 1.40 bits per heavy atom. The SMILES string of the molecule is I.NC(=NCc1ccccc1CN1CCCCCC1)N1CCCCC1. The first-order chi connectivity index (χ1) is 11.8. The molecule has 2 aliphatic rings. The lowest BCUT2D eigenvalue weighted by Gasteiger charge is -2.27. The molecule has 1 aromatic carbocycles. The summed E-state index contributed by atoms with van der Waals surface area (Å²) >= 11 is 0. The van der Waals surface area contributed by atoms with Crippen molar-refractivity contribution in [3.05, 3.63) is 35.4 Å². The second-order valence-corrected chi connectivity index (χ2v) is 7.18. The van der Waals surface area contributed by atoms with E-state index in [9.17, 15) is 0 Å². The molecule has 3 rings (SSSR count). The minimum Gasteiger partial charge on any atom is -0.370 e. The van der Waals surface area contributed by atoms with Gasteiger partial charge in [-0.3, -0.25) is 4.90 Å². The molecule has 0 amide bonds. The molecule has 0 radical (unpaired) electrons. The second kappa shape index (κ2) is 11.0. The molecule has 0 spiro atoms. The summed E-state index contributed by atoms with van der Waals surface area (Å²) in [4.78, 5) is 9.53. The van der Waals surface area contributed by atoms with Gasteiger partial charge in [0.25, 0.3) is 0 Å². The standard InChI is InChI=1S/C20H32N4.HI/c21-20(24-14-8-3-9-15-24)22-16-18-10-4-5-11-19(18)17-23-12-6-1-2-7-13-23;/h4-5,10-11H,1-3,6-9,12-17H2,(H2,21,22);1H. The Bertz CT molecular complexity index is 532. The molecule has 2 aliphatic heterocycles. The monoisotopic (exact) mass is 456 g/mol. The molecule has 2 N–H and O–H groups in total. The fraction of sp³-hybridized carbons (Fsp3) is 0.650. The van der Waals surface area contributed by atoms with E-state index < -0.39 is 0 Å². The molecule has 0 aromatic heterocycles. The molecule has 140 valence electrons. The van der Waals surface area contributed by atoms with Crippen LogP contribution in [-0.2, 0) is 13.1 Å². The van der Waals surface area contributed by atoms with Gasteiger partial charge in [-0.15, -0.1) is 24.0 Å². The van der Waals surface area contributed by atoms with Crippen LogP contribution in [0, 0.1) is 0 Å². The van der Waals surface area contributed by atoms with E-state index in [1.54, 1.807) is 0 Å². The summed E-state index contributed by atoms with van der Waals surface area (Å²) in [5.41, 5.74) is 8.95. The van der Waals surface area contributed by atoms with Gasteiger partial charge in [-0.25, -0.2) is 4.99 Å². The van der Waals surface area contributed by atoms with Crippen molar-refractivity contribution in [2.24, 2.45) is 10.7 Å². The summed E-state index contributed by atoms with van der Waals surface area (Å²) in [5, 5.41) is 0. The molecule has 0 saturated carbocycles. The Kier molecular flexibility index (Phi) is 9.03. The molecule has 0 bridgehead atoms. The van der Waals surface area contributed by atoms with Crippen molar-refractivity contribution < 1.29 is 0 Å².